The topological polar surface area (TPSA) is 280 Å². The molecule has 2 aromatic rings. The van der Waals surface area contributed by atoms with Crippen LogP contribution in [0.4, 0.5) is 23.7 Å². The zero-order valence-electron chi connectivity index (χ0n) is 52.2. The average Bonchev–Trinajstić information content (AvgIpc) is 1.63. The van der Waals surface area contributed by atoms with Gasteiger partial charge in [0, 0.05) is 76.2 Å². The lowest BCUT2D eigenvalue weighted by molar-refractivity contribution is -0.187. The van der Waals surface area contributed by atoms with E-state index in [2.05, 4.69) is 33.1 Å². The van der Waals surface area contributed by atoms with E-state index in [0.717, 1.165) is 35.2 Å². The number of Topliss-reactive ketones (excluding diaryl/α,β-unsaturated/α-hetero) is 2. The number of alkyl halides is 4. The normalized spacial score (nSPS) is 24.1. The molecule has 0 aliphatic carbocycles. The van der Waals surface area contributed by atoms with E-state index in [-0.39, 0.29) is 84.9 Å². The highest BCUT2D eigenvalue weighted by atomic mass is 79.9. The Morgan fingerprint density at radius 3 is 2.38 bits per heavy atom. The van der Waals surface area contributed by atoms with Crippen LogP contribution in [0.2, 0.25) is 5.02 Å². The summed E-state index contributed by atoms with van der Waals surface area (Å²) in [5, 5.41) is 17.6. The van der Waals surface area contributed by atoms with Gasteiger partial charge in [-0.25, -0.2) is 14.4 Å². The lowest BCUT2D eigenvalue weighted by atomic mass is 9.78. The van der Waals surface area contributed by atoms with Crippen LogP contribution in [0.25, 0.3) is 0 Å². The predicted molar refractivity (Wildman–Crippen MR) is 329 cm³/mol. The molecule has 20 nitrogen and oxygen atoms in total. The number of hydrogen-bond acceptors (Lipinski definition) is 15. The van der Waals surface area contributed by atoms with E-state index >= 15 is 13.2 Å². The van der Waals surface area contributed by atoms with Crippen LogP contribution in [0.1, 0.15) is 138 Å². The highest BCUT2D eigenvalue weighted by molar-refractivity contribution is 9.09. The molecule has 490 valence electrons. The number of amides is 5. The lowest BCUT2D eigenvalue weighted by Gasteiger charge is -2.41. The number of esters is 3. The summed E-state index contributed by atoms with van der Waals surface area (Å²) in [4.78, 5) is 123. The summed E-state index contributed by atoms with van der Waals surface area (Å²) in [5.74, 6) is -7.75. The molecule has 89 heavy (non-hydrogen) atoms. The number of aryl methyl sites for hydroxylation is 1. The molecule has 0 saturated carbocycles. The number of benzene rings is 2. The van der Waals surface area contributed by atoms with Crippen LogP contribution >= 0.6 is 27.5 Å². The van der Waals surface area contributed by atoms with Crippen molar-refractivity contribution in [3.63, 3.8) is 0 Å². The third kappa shape index (κ3) is 19.8. The molecule has 0 spiro atoms. The minimum Gasteiger partial charge on any atom is -0.462 e. The van der Waals surface area contributed by atoms with E-state index in [9.17, 15) is 48.3 Å². The van der Waals surface area contributed by atoms with Gasteiger partial charge in [0.2, 0.25) is 11.8 Å². The molecule has 10 atom stereocenters. The quantitative estimate of drug-likeness (QED) is 0.0181. The molecule has 3 aliphatic rings. The number of epoxide rings is 1. The van der Waals surface area contributed by atoms with Gasteiger partial charge in [0.1, 0.15) is 41.3 Å². The van der Waals surface area contributed by atoms with Gasteiger partial charge in [0.15, 0.2) is 5.78 Å². The van der Waals surface area contributed by atoms with Crippen molar-refractivity contribution in [1.82, 2.24) is 15.5 Å². The largest absolute Gasteiger partial charge is 0.462 e. The number of urea groups is 1. The molecule has 2 aromatic carbocycles. The maximum atomic E-state index is 15.1. The molecule has 4 bridgehead atoms. The number of unbranched alkanes of at least 4 members (excludes halogenated alkanes) is 2. The van der Waals surface area contributed by atoms with Gasteiger partial charge in [-0.1, -0.05) is 90.8 Å². The van der Waals surface area contributed by atoms with Crippen molar-refractivity contribution in [2.45, 2.75) is 179 Å². The number of carbonyl (C=O) groups excluding carboxylic acids is 9. The van der Waals surface area contributed by atoms with Crippen molar-refractivity contribution in [3.05, 3.63) is 99.1 Å². The van der Waals surface area contributed by atoms with Crippen molar-refractivity contribution >= 4 is 86.4 Å². The summed E-state index contributed by atoms with van der Waals surface area (Å²) >= 11 is 9.98. The number of halogens is 5. The second kappa shape index (κ2) is 32.0. The Morgan fingerprint density at radius 2 is 1.74 bits per heavy atom. The van der Waals surface area contributed by atoms with Gasteiger partial charge in [-0.05, 0) is 107 Å². The lowest BCUT2D eigenvalue weighted by Crippen LogP contribution is -2.53. The molecule has 3 aliphatic heterocycles. The average molecular weight is 1340 g/mol. The van der Waals surface area contributed by atoms with E-state index in [0.29, 0.717) is 43.0 Å². The van der Waals surface area contributed by atoms with Crippen molar-refractivity contribution in [2.75, 3.05) is 44.6 Å². The number of aliphatic hydroxyl groups is 1. The second-order valence-corrected chi connectivity index (χ2v) is 25.0. The molecular weight excluding hydrogens is 1250 g/mol. The van der Waals surface area contributed by atoms with Crippen LogP contribution in [0.5, 0.6) is 0 Å². The molecule has 5 rings (SSSR count). The fourth-order valence-corrected chi connectivity index (χ4v) is 11.6. The number of rotatable bonds is 25. The van der Waals surface area contributed by atoms with E-state index in [1.807, 2.05) is 19.1 Å². The van der Waals surface area contributed by atoms with E-state index in [1.165, 1.54) is 26.0 Å². The minimum absolute atomic E-state index is 0.00952. The number of ether oxygens (including phenoxy) is 5. The van der Waals surface area contributed by atoms with Crippen LogP contribution in [-0.4, -0.2) is 151 Å². The van der Waals surface area contributed by atoms with Crippen molar-refractivity contribution in [3.8, 4) is 0 Å². The smallest absolute Gasteiger partial charge is 0.417 e. The minimum atomic E-state index is -5.19. The molecule has 2 fully saturated rings. The first-order valence-electron chi connectivity index (χ1n) is 29.6. The van der Waals surface area contributed by atoms with Gasteiger partial charge >= 0.3 is 30.1 Å². The van der Waals surface area contributed by atoms with Gasteiger partial charge in [0.25, 0.3) is 5.91 Å². The number of ketones is 2. The van der Waals surface area contributed by atoms with E-state index in [4.69, 9.17) is 41.0 Å². The summed E-state index contributed by atoms with van der Waals surface area (Å²) in [7, 11) is 4.00. The van der Waals surface area contributed by atoms with E-state index < -0.39 is 137 Å². The summed E-state index contributed by atoms with van der Waals surface area (Å²) < 4.78 is 74.4. The number of fused-ring (bicyclic) bond motifs is 5. The second-order valence-electron chi connectivity index (χ2n) is 24.0. The first kappa shape index (κ1) is 73.3. The molecular formula is C64H84BrClF3N5O15. The number of hydrogen-bond donors (Lipinski definition) is 4. The maximum Gasteiger partial charge on any atom is 0.417 e. The summed E-state index contributed by atoms with van der Waals surface area (Å²) in [5.41, 5.74) is 2.49. The number of primary amides is 1. The Hall–Kier alpha value is -6.47. The zero-order valence-corrected chi connectivity index (χ0v) is 54.5. The number of methoxy groups -OCH3 is 1. The fraction of sp³-hybridized carbons (Fsp3) is 0.578. The molecule has 0 aromatic heterocycles. The fourth-order valence-electron chi connectivity index (χ4n) is 11.1. The van der Waals surface area contributed by atoms with Crippen molar-refractivity contribution in [2.24, 2.45) is 23.5 Å². The molecule has 2 saturated heterocycles. The number of anilines is 1. The molecule has 0 unspecified atom stereocenters. The van der Waals surface area contributed by atoms with Gasteiger partial charge in [-0.2, -0.15) is 13.2 Å². The molecule has 3 heterocycles. The Bertz CT molecular complexity index is 3050. The molecule has 0 radical (unpaired) electrons. The van der Waals surface area contributed by atoms with Crippen LogP contribution in [-0.2, 0) is 76.3 Å². The Balaban J connectivity index is 1.37. The van der Waals surface area contributed by atoms with Gasteiger partial charge in [-0.3, -0.25) is 28.8 Å². The summed E-state index contributed by atoms with van der Waals surface area (Å²) in [6, 6.07) is 2.52. The van der Waals surface area contributed by atoms with Crippen LogP contribution in [0.15, 0.2) is 66.3 Å². The van der Waals surface area contributed by atoms with Gasteiger partial charge in [-0.15, -0.1) is 0 Å². The number of nitrogens with two attached hydrogens (primary N) is 1. The molecule has 25 heteroatoms. The predicted octanol–water partition coefficient (Wildman–Crippen LogP) is 8.73. The zero-order chi connectivity index (χ0) is 66.5. The highest BCUT2D eigenvalue weighted by Gasteiger charge is 2.64. The third-order valence-corrected chi connectivity index (χ3v) is 17.9. The molecule has 5 N–H and O–H groups in total. The highest BCUT2D eigenvalue weighted by Crippen LogP contribution is 2.50. The first-order chi connectivity index (χ1) is 41.6. The molecule has 5 amide bonds. The number of likely N-dealkylation sites (N-methyl/N-ethyl adjacent to an activating group) is 1. The number of allylic oxidation sites excluding steroid dienone is 3. The number of carbonyl (C=O) groups is 9. The maximum absolute atomic E-state index is 15.1. The Labute approximate surface area is 531 Å². The summed E-state index contributed by atoms with van der Waals surface area (Å²) in [6.07, 6.45) is -3.89. The van der Waals surface area contributed by atoms with Crippen LogP contribution in [0.3, 0.4) is 0 Å². The summed E-state index contributed by atoms with van der Waals surface area (Å²) in [6.45, 7) is 15.4. The third-order valence-electron chi connectivity index (χ3n) is 16.7. The van der Waals surface area contributed by atoms with E-state index in [1.54, 1.807) is 52.8 Å². The monoisotopic (exact) mass is 1330 g/mol. The first-order valence-corrected chi connectivity index (χ1v) is 31.1. The van der Waals surface area contributed by atoms with Gasteiger partial charge in [0.05, 0.1) is 53.4 Å². The number of nitrogens with zero attached hydrogens (tertiary/aromatic N) is 2. The SMILES string of the molecule is C=C(CBr)C(=O)OCCCCCC(=O)C[C@H](C(=O)N[C@@H](CCCNC(N)=O)C(=O)Cc1ccc(C(=O)N(C)[C@@H](C)C(=O)O[C@H]2CC(=O)N(C)c3cc(cc(C)c3Cl)C/C(C)=C/C=C/[C@@H](OC)[C@]3(O)CC(=O)O[C@@H](C3)[C@@H](C)[C@@H]3O[C@@]23C)c(C(F)(F)F)c1)C(C)C. The Morgan fingerprint density at radius 1 is 1.04 bits per heavy atom. The standard InChI is InChI=1S/C64H84BrClF3N5O15/c1-35(2)45(30-43(75)18-13-12-14-24-86-59(81)38(5)34-65)57(79)72-47(19-16-23-71-61(70)83)49(76)29-41-21-22-44(46(27-41)64(67,68)69)58(80)73(9)40(7)60(82)88-52-31-53(77)74(10)48-28-42(26-37(4)55(48)66)25-36(3)17-15-20-51(85-11)63(84)32-50(87-54(78)33-63)39(6)56-62(52,8)89-56/h15,17,20-22,26-28,35,39-40,45,47,50-52,56,84H,5,12-14,16,18-19,23-25,29-34H2,1-4,6-11H3,(H,72,79)(H3,70,71,83)/b20-15+,36-17+/t39-,40+,45+,47+,50+,51-,52+,56+,62+,63-/m1/s1. The number of nitrogens with one attached hydrogen (secondary N) is 2. The van der Waals surface area contributed by atoms with Crippen LogP contribution < -0.4 is 21.3 Å². The Kier molecular flexibility index (Phi) is 26.3. The van der Waals surface area contributed by atoms with Crippen molar-refractivity contribution < 1.29 is 85.1 Å². The van der Waals surface area contributed by atoms with Crippen molar-refractivity contribution in [1.29, 1.82) is 0 Å². The van der Waals surface area contributed by atoms with Crippen LogP contribution in [0, 0.1) is 24.7 Å². The van der Waals surface area contributed by atoms with Gasteiger partial charge < -0.3 is 55.0 Å².